The van der Waals surface area contributed by atoms with Gasteiger partial charge in [-0.05, 0) is 42.9 Å². The van der Waals surface area contributed by atoms with Gasteiger partial charge in [0.1, 0.15) is 12.3 Å². The van der Waals surface area contributed by atoms with Gasteiger partial charge in [0.25, 0.3) is 0 Å². The number of anilines is 1. The molecule has 0 aliphatic heterocycles. The van der Waals surface area contributed by atoms with Crippen molar-refractivity contribution in [1.29, 1.82) is 0 Å². The van der Waals surface area contributed by atoms with Gasteiger partial charge < -0.3 is 10.1 Å². The summed E-state index contributed by atoms with van der Waals surface area (Å²) in [6, 6.07) is 11.1. The zero-order chi connectivity index (χ0) is 18.5. The van der Waals surface area contributed by atoms with Crippen molar-refractivity contribution in [2.45, 2.75) is 26.3 Å². The number of aromatic nitrogens is 4. The largest absolute Gasteiger partial charge is 0.495 e. The molecule has 0 saturated heterocycles. The number of nitrogens with zero attached hydrogens (tertiary/aromatic N) is 4. The summed E-state index contributed by atoms with van der Waals surface area (Å²) in [4.78, 5) is 12.5. The normalized spacial score (nSPS) is 10.7. The first kappa shape index (κ1) is 17.9. The molecule has 0 bridgehead atoms. The van der Waals surface area contributed by atoms with Crippen LogP contribution in [0.15, 0.2) is 48.8 Å². The molecule has 26 heavy (non-hydrogen) atoms. The highest BCUT2D eigenvalue weighted by molar-refractivity contribution is 7.71. The molecular formula is C18H21N5O2S. The van der Waals surface area contributed by atoms with Gasteiger partial charge in [-0.3, -0.25) is 9.47 Å². The molecule has 0 aliphatic rings. The number of benzene rings is 1. The molecule has 0 saturated carbocycles. The number of methoxy groups -OCH3 is 1. The van der Waals surface area contributed by atoms with E-state index in [-0.39, 0.29) is 12.5 Å². The van der Waals surface area contributed by atoms with Crippen LogP contribution in [0.1, 0.15) is 19.2 Å². The van der Waals surface area contributed by atoms with E-state index in [1.165, 1.54) is 0 Å². The fourth-order valence-corrected chi connectivity index (χ4v) is 3.00. The Bertz CT molecular complexity index is 943. The minimum Gasteiger partial charge on any atom is -0.495 e. The minimum atomic E-state index is -0.217. The van der Waals surface area contributed by atoms with Crippen molar-refractivity contribution < 1.29 is 9.53 Å². The quantitative estimate of drug-likeness (QED) is 0.648. The highest BCUT2D eigenvalue weighted by Gasteiger charge is 2.14. The summed E-state index contributed by atoms with van der Waals surface area (Å²) in [6.45, 7) is 2.11. The van der Waals surface area contributed by atoms with E-state index in [4.69, 9.17) is 17.0 Å². The molecule has 0 fully saturated rings. The standard InChI is InChI=1S/C18H21N5O2S/c1-3-8-16-20-22(18(26)23(16)21-11-6-7-12-21)13-17(24)19-14-9-4-5-10-15(14)25-2/h4-7,9-12H,3,8,13H2,1-2H3,(H,19,24). The molecule has 1 aromatic carbocycles. The molecule has 2 aromatic heterocycles. The minimum absolute atomic E-state index is 0.0296. The lowest BCUT2D eigenvalue weighted by Gasteiger charge is -2.09. The fourth-order valence-electron chi connectivity index (χ4n) is 2.69. The van der Waals surface area contributed by atoms with Crippen LogP contribution < -0.4 is 10.1 Å². The Kier molecular flexibility index (Phi) is 5.52. The first-order valence-electron chi connectivity index (χ1n) is 8.39. The number of para-hydroxylation sites is 2. The number of carbonyl (C=O) groups excluding carboxylic acids is 1. The average molecular weight is 371 g/mol. The van der Waals surface area contributed by atoms with Crippen LogP contribution in [0.3, 0.4) is 0 Å². The molecule has 1 amide bonds. The third-order valence-electron chi connectivity index (χ3n) is 3.85. The summed E-state index contributed by atoms with van der Waals surface area (Å²) in [7, 11) is 1.57. The summed E-state index contributed by atoms with van der Waals surface area (Å²) in [6.07, 6.45) is 5.50. The van der Waals surface area contributed by atoms with Gasteiger partial charge in [0.15, 0.2) is 5.82 Å². The number of amides is 1. The number of hydrogen-bond acceptors (Lipinski definition) is 4. The Hall–Kier alpha value is -2.87. The summed E-state index contributed by atoms with van der Waals surface area (Å²) in [5.74, 6) is 1.21. The maximum Gasteiger partial charge on any atom is 0.246 e. The van der Waals surface area contributed by atoms with Crippen LogP contribution in [0.4, 0.5) is 5.69 Å². The number of aryl methyl sites for hydroxylation is 1. The molecule has 136 valence electrons. The first-order valence-corrected chi connectivity index (χ1v) is 8.80. The molecule has 0 atom stereocenters. The van der Waals surface area contributed by atoms with Gasteiger partial charge >= 0.3 is 0 Å². The number of rotatable bonds is 7. The van der Waals surface area contributed by atoms with Crippen LogP contribution >= 0.6 is 12.2 Å². The van der Waals surface area contributed by atoms with Crippen molar-refractivity contribution in [3.05, 3.63) is 59.4 Å². The number of hydrogen-bond donors (Lipinski definition) is 1. The maximum atomic E-state index is 12.5. The molecule has 3 aromatic rings. The predicted octanol–water partition coefficient (Wildman–Crippen LogP) is 3.13. The summed E-state index contributed by atoms with van der Waals surface area (Å²) in [5, 5.41) is 7.39. The zero-order valence-electron chi connectivity index (χ0n) is 14.8. The molecule has 2 heterocycles. The lowest BCUT2D eigenvalue weighted by atomic mass is 10.3. The van der Waals surface area contributed by atoms with E-state index in [2.05, 4.69) is 17.3 Å². The van der Waals surface area contributed by atoms with Crippen LogP contribution in [-0.2, 0) is 17.8 Å². The molecule has 0 unspecified atom stereocenters. The molecule has 7 nitrogen and oxygen atoms in total. The van der Waals surface area contributed by atoms with Crippen LogP contribution in [0.5, 0.6) is 5.75 Å². The molecule has 3 rings (SSSR count). The van der Waals surface area contributed by atoms with Crippen molar-refractivity contribution in [3.8, 4) is 5.75 Å². The van der Waals surface area contributed by atoms with Crippen LogP contribution in [-0.4, -0.2) is 32.1 Å². The highest BCUT2D eigenvalue weighted by Crippen LogP contribution is 2.22. The Morgan fingerprint density at radius 1 is 1.23 bits per heavy atom. The summed E-state index contributed by atoms with van der Waals surface area (Å²) in [5.41, 5.74) is 0.616. The van der Waals surface area contributed by atoms with E-state index < -0.39 is 0 Å². The van der Waals surface area contributed by atoms with Gasteiger partial charge in [-0.15, -0.1) is 0 Å². The Balaban J connectivity index is 1.85. The van der Waals surface area contributed by atoms with Gasteiger partial charge in [-0.25, -0.2) is 9.36 Å². The average Bonchev–Trinajstić information content (AvgIpc) is 3.24. The fraction of sp³-hybridized carbons (Fsp3) is 0.278. The van der Waals surface area contributed by atoms with E-state index in [9.17, 15) is 4.79 Å². The predicted molar refractivity (Wildman–Crippen MR) is 102 cm³/mol. The van der Waals surface area contributed by atoms with E-state index in [0.29, 0.717) is 16.2 Å². The van der Waals surface area contributed by atoms with Gasteiger partial charge in [-0.2, -0.15) is 5.10 Å². The third-order valence-corrected chi connectivity index (χ3v) is 4.23. The molecule has 0 radical (unpaired) electrons. The smallest absolute Gasteiger partial charge is 0.246 e. The van der Waals surface area contributed by atoms with Crippen LogP contribution in [0.25, 0.3) is 0 Å². The van der Waals surface area contributed by atoms with E-state index in [1.807, 2.05) is 46.0 Å². The van der Waals surface area contributed by atoms with Crippen molar-refractivity contribution in [3.63, 3.8) is 0 Å². The topological polar surface area (TPSA) is 66.0 Å². The molecule has 0 aliphatic carbocycles. The summed E-state index contributed by atoms with van der Waals surface area (Å²) < 4.78 is 11.0. The van der Waals surface area contributed by atoms with Crippen molar-refractivity contribution in [1.82, 2.24) is 19.1 Å². The van der Waals surface area contributed by atoms with Gasteiger partial charge in [0, 0.05) is 18.8 Å². The van der Waals surface area contributed by atoms with E-state index >= 15 is 0 Å². The van der Waals surface area contributed by atoms with Gasteiger partial charge in [0.2, 0.25) is 10.7 Å². The highest BCUT2D eigenvalue weighted by atomic mass is 32.1. The maximum absolute atomic E-state index is 12.5. The second kappa shape index (κ2) is 8.01. The first-order chi connectivity index (χ1) is 12.6. The van der Waals surface area contributed by atoms with Crippen LogP contribution in [0.2, 0.25) is 0 Å². The van der Waals surface area contributed by atoms with Crippen LogP contribution in [0, 0.1) is 4.77 Å². The Morgan fingerprint density at radius 3 is 2.65 bits per heavy atom. The van der Waals surface area contributed by atoms with E-state index in [0.717, 1.165) is 18.7 Å². The van der Waals surface area contributed by atoms with Gasteiger partial charge in [-0.1, -0.05) is 19.1 Å². The number of ether oxygens (including phenoxy) is 1. The lowest BCUT2D eigenvalue weighted by Crippen LogP contribution is -2.20. The zero-order valence-corrected chi connectivity index (χ0v) is 15.6. The Labute approximate surface area is 156 Å². The molecular weight excluding hydrogens is 350 g/mol. The number of carbonyl (C=O) groups is 1. The molecule has 0 spiro atoms. The SMILES string of the molecule is CCCc1nn(CC(=O)Nc2ccccc2OC)c(=S)n1-n1cccc1. The van der Waals surface area contributed by atoms with E-state index in [1.54, 1.807) is 23.9 Å². The number of nitrogens with one attached hydrogen (secondary N) is 1. The third kappa shape index (κ3) is 3.70. The molecule has 8 heteroatoms. The van der Waals surface area contributed by atoms with Gasteiger partial charge in [0.05, 0.1) is 12.8 Å². The van der Waals surface area contributed by atoms with Crippen molar-refractivity contribution >= 4 is 23.8 Å². The van der Waals surface area contributed by atoms with Crippen molar-refractivity contribution in [2.75, 3.05) is 12.4 Å². The second-order valence-corrected chi connectivity index (χ2v) is 6.09. The monoisotopic (exact) mass is 371 g/mol. The molecule has 1 N–H and O–H groups in total. The Morgan fingerprint density at radius 2 is 1.96 bits per heavy atom. The second-order valence-electron chi connectivity index (χ2n) is 5.73. The summed E-state index contributed by atoms with van der Waals surface area (Å²) >= 11 is 5.54. The van der Waals surface area contributed by atoms with Crippen molar-refractivity contribution in [2.24, 2.45) is 0 Å². The lowest BCUT2D eigenvalue weighted by molar-refractivity contribution is -0.116.